The molecule has 7 heteroatoms. The lowest BCUT2D eigenvalue weighted by Gasteiger charge is -2.21. The minimum absolute atomic E-state index is 0.0518. The van der Waals surface area contributed by atoms with Crippen LogP contribution in [-0.4, -0.2) is 34.7 Å². The topological polar surface area (TPSA) is 82.5 Å². The molecule has 1 saturated heterocycles. The van der Waals surface area contributed by atoms with E-state index in [9.17, 15) is 9.59 Å². The highest BCUT2D eigenvalue weighted by molar-refractivity contribution is 5.95. The van der Waals surface area contributed by atoms with E-state index in [1.807, 2.05) is 42.5 Å². The third-order valence-corrected chi connectivity index (χ3v) is 5.44. The quantitative estimate of drug-likeness (QED) is 0.636. The molecule has 0 radical (unpaired) electrons. The Hall–Kier alpha value is -3.45. The Bertz CT molecular complexity index is 1080. The van der Waals surface area contributed by atoms with Crippen molar-refractivity contribution >= 4 is 5.91 Å². The lowest BCUT2D eigenvalue weighted by molar-refractivity contribution is 0.0910. The van der Waals surface area contributed by atoms with Crippen molar-refractivity contribution in [1.29, 1.82) is 0 Å². The zero-order valence-electron chi connectivity index (χ0n) is 17.4. The van der Waals surface area contributed by atoms with Gasteiger partial charge in [0.1, 0.15) is 6.61 Å². The highest BCUT2D eigenvalue weighted by Crippen LogP contribution is 2.21. The van der Waals surface area contributed by atoms with Crippen molar-refractivity contribution < 1.29 is 14.3 Å². The predicted octanol–water partition coefficient (Wildman–Crippen LogP) is 2.35. The second-order valence-electron chi connectivity index (χ2n) is 7.68. The number of carbonyl (C=O) groups is 1. The van der Waals surface area contributed by atoms with Crippen LogP contribution in [0.15, 0.2) is 71.9 Å². The van der Waals surface area contributed by atoms with Crippen molar-refractivity contribution in [2.24, 2.45) is 13.0 Å². The summed E-state index contributed by atoms with van der Waals surface area (Å²) in [5.74, 6) is -0.157. The average Bonchev–Trinajstić information content (AvgIpc) is 3.21. The van der Waals surface area contributed by atoms with Crippen molar-refractivity contribution in [1.82, 2.24) is 14.9 Å². The van der Waals surface area contributed by atoms with Gasteiger partial charge in [0.15, 0.2) is 11.4 Å². The number of nitrogens with zero attached hydrogens (tertiary/aromatic N) is 2. The molecule has 1 aromatic carbocycles. The third kappa shape index (κ3) is 5.00. The summed E-state index contributed by atoms with van der Waals surface area (Å²) >= 11 is 0. The third-order valence-electron chi connectivity index (χ3n) is 5.44. The first-order valence-electron chi connectivity index (χ1n) is 10.3. The first-order valence-corrected chi connectivity index (χ1v) is 10.3. The Balaban J connectivity index is 1.51. The summed E-state index contributed by atoms with van der Waals surface area (Å²) in [5, 5.41) is 3.05. The van der Waals surface area contributed by atoms with Gasteiger partial charge < -0.3 is 19.4 Å². The molecule has 160 valence electrons. The molecule has 3 aromatic rings. The number of aryl methyl sites for hydroxylation is 1. The minimum atomic E-state index is -0.349. The number of rotatable bonds is 7. The van der Waals surface area contributed by atoms with Crippen molar-refractivity contribution in [3.63, 3.8) is 0 Å². The Morgan fingerprint density at radius 3 is 2.68 bits per heavy atom. The fraction of sp³-hybridized carbons (Fsp3) is 0.292. The van der Waals surface area contributed by atoms with E-state index in [0.29, 0.717) is 13.2 Å². The minimum Gasteiger partial charge on any atom is -0.483 e. The van der Waals surface area contributed by atoms with Crippen LogP contribution in [0.2, 0.25) is 0 Å². The second-order valence-corrected chi connectivity index (χ2v) is 7.68. The van der Waals surface area contributed by atoms with Crippen LogP contribution in [0.1, 0.15) is 21.6 Å². The molecule has 1 N–H and O–H groups in total. The molecule has 31 heavy (non-hydrogen) atoms. The zero-order valence-corrected chi connectivity index (χ0v) is 17.4. The fourth-order valence-electron chi connectivity index (χ4n) is 3.76. The van der Waals surface area contributed by atoms with Crippen LogP contribution in [0.3, 0.4) is 0 Å². The number of pyridine rings is 2. The fourth-order valence-corrected chi connectivity index (χ4v) is 3.76. The van der Waals surface area contributed by atoms with Crippen LogP contribution in [0, 0.1) is 5.92 Å². The number of nitrogens with one attached hydrogen (secondary N) is 1. The zero-order chi connectivity index (χ0) is 21.6. The van der Waals surface area contributed by atoms with Gasteiger partial charge in [-0.25, -0.2) is 0 Å². The Morgan fingerprint density at radius 1 is 1.13 bits per heavy atom. The van der Waals surface area contributed by atoms with E-state index >= 15 is 0 Å². The molecule has 1 aliphatic rings. The standard InChI is InChI=1S/C24H25N3O4/c1-27-12-9-21(28)23(31-14-18-5-3-2-4-6-18)22(27)24(29)26-20-16-30-15-19(20)13-17-7-10-25-11-8-17/h2-12,19-20H,13-16H2,1H3,(H,26,29)/t19-,20+/m1/s1. The maximum Gasteiger partial charge on any atom is 0.272 e. The van der Waals surface area contributed by atoms with Crippen LogP contribution < -0.4 is 15.5 Å². The normalized spacial score (nSPS) is 18.0. The molecule has 2 aromatic heterocycles. The molecule has 0 saturated carbocycles. The number of hydrogen-bond acceptors (Lipinski definition) is 5. The second kappa shape index (κ2) is 9.57. The summed E-state index contributed by atoms with van der Waals surface area (Å²) in [5.41, 5.74) is 1.94. The highest BCUT2D eigenvalue weighted by atomic mass is 16.5. The van der Waals surface area contributed by atoms with Gasteiger partial charge in [-0.1, -0.05) is 30.3 Å². The van der Waals surface area contributed by atoms with Crippen LogP contribution >= 0.6 is 0 Å². The van der Waals surface area contributed by atoms with Crippen molar-refractivity contribution in [2.45, 2.75) is 19.1 Å². The first-order chi connectivity index (χ1) is 15.1. The molecular formula is C24H25N3O4. The monoisotopic (exact) mass is 419 g/mol. The number of ether oxygens (including phenoxy) is 2. The van der Waals surface area contributed by atoms with E-state index in [1.54, 1.807) is 30.2 Å². The molecule has 0 unspecified atom stereocenters. The number of amides is 1. The SMILES string of the molecule is Cn1ccc(=O)c(OCc2ccccc2)c1C(=O)N[C@H]1COC[C@H]1Cc1ccncc1. The smallest absolute Gasteiger partial charge is 0.272 e. The summed E-state index contributed by atoms with van der Waals surface area (Å²) in [7, 11) is 1.73. The van der Waals surface area contributed by atoms with Gasteiger partial charge in [-0.2, -0.15) is 0 Å². The van der Waals surface area contributed by atoms with E-state index in [1.165, 1.54) is 6.07 Å². The number of carbonyl (C=O) groups excluding carboxylic acids is 1. The van der Waals surface area contributed by atoms with Crippen molar-refractivity contribution in [2.75, 3.05) is 13.2 Å². The van der Waals surface area contributed by atoms with Crippen LogP contribution in [-0.2, 0) is 24.8 Å². The maximum absolute atomic E-state index is 13.2. The molecule has 1 fully saturated rings. The van der Waals surface area contributed by atoms with E-state index in [2.05, 4.69) is 10.3 Å². The summed E-state index contributed by atoms with van der Waals surface area (Å²) in [6, 6.07) is 14.7. The van der Waals surface area contributed by atoms with Gasteiger partial charge in [0.25, 0.3) is 5.91 Å². The molecule has 0 spiro atoms. The summed E-state index contributed by atoms with van der Waals surface area (Å²) in [6.07, 6.45) is 5.87. The van der Waals surface area contributed by atoms with Crippen LogP contribution in [0.4, 0.5) is 0 Å². The molecule has 1 aliphatic heterocycles. The lowest BCUT2D eigenvalue weighted by Crippen LogP contribution is -2.42. The number of hydrogen-bond donors (Lipinski definition) is 1. The van der Waals surface area contributed by atoms with E-state index < -0.39 is 0 Å². The molecule has 7 nitrogen and oxygen atoms in total. The average molecular weight is 419 g/mol. The Kier molecular flexibility index (Phi) is 6.43. The van der Waals surface area contributed by atoms with Gasteiger partial charge in [-0.05, 0) is 29.7 Å². The number of benzene rings is 1. The van der Waals surface area contributed by atoms with Gasteiger partial charge in [0.05, 0.1) is 19.3 Å². The van der Waals surface area contributed by atoms with Gasteiger partial charge in [-0.3, -0.25) is 14.6 Å². The number of aromatic nitrogens is 2. The largest absolute Gasteiger partial charge is 0.483 e. The highest BCUT2D eigenvalue weighted by Gasteiger charge is 2.31. The molecule has 2 atom stereocenters. The molecule has 0 bridgehead atoms. The van der Waals surface area contributed by atoms with E-state index in [0.717, 1.165) is 17.5 Å². The van der Waals surface area contributed by atoms with Crippen LogP contribution in [0.5, 0.6) is 5.75 Å². The van der Waals surface area contributed by atoms with Crippen LogP contribution in [0.25, 0.3) is 0 Å². The Labute approximate surface area is 180 Å². The van der Waals surface area contributed by atoms with E-state index in [-0.39, 0.29) is 41.3 Å². The van der Waals surface area contributed by atoms with E-state index in [4.69, 9.17) is 9.47 Å². The summed E-state index contributed by atoms with van der Waals surface area (Å²) in [6.45, 7) is 1.21. The molecular weight excluding hydrogens is 394 g/mol. The lowest BCUT2D eigenvalue weighted by atomic mass is 9.95. The summed E-state index contributed by atoms with van der Waals surface area (Å²) in [4.78, 5) is 29.7. The van der Waals surface area contributed by atoms with Gasteiger partial charge in [0.2, 0.25) is 5.43 Å². The maximum atomic E-state index is 13.2. The Morgan fingerprint density at radius 2 is 1.90 bits per heavy atom. The first kappa shape index (κ1) is 20.8. The molecule has 3 heterocycles. The van der Waals surface area contributed by atoms with Crippen molar-refractivity contribution in [3.8, 4) is 5.75 Å². The van der Waals surface area contributed by atoms with Crippen molar-refractivity contribution in [3.05, 3.63) is 94.2 Å². The molecule has 0 aliphatic carbocycles. The molecule has 1 amide bonds. The summed E-state index contributed by atoms with van der Waals surface area (Å²) < 4.78 is 13.1. The van der Waals surface area contributed by atoms with Gasteiger partial charge >= 0.3 is 0 Å². The van der Waals surface area contributed by atoms with Gasteiger partial charge in [0, 0.05) is 37.6 Å². The van der Waals surface area contributed by atoms with Gasteiger partial charge in [-0.15, -0.1) is 0 Å². The molecule has 4 rings (SSSR count). The predicted molar refractivity (Wildman–Crippen MR) is 116 cm³/mol.